The molecule has 11 nitrogen and oxygen atoms in total. The van der Waals surface area contributed by atoms with Crippen molar-refractivity contribution in [3.8, 4) is 0 Å². The van der Waals surface area contributed by atoms with Crippen molar-refractivity contribution in [2.24, 2.45) is 0 Å². The molecule has 0 aromatic heterocycles. The summed E-state index contributed by atoms with van der Waals surface area (Å²) in [5, 5.41) is 56.7. The molecule has 1 aliphatic heterocycles. The fraction of sp³-hybridized carbons (Fsp3) is 0.738. The minimum Gasteiger partial charge on any atom is -0.454 e. The summed E-state index contributed by atoms with van der Waals surface area (Å²) in [5.74, 6) is -1.28. The van der Waals surface area contributed by atoms with Gasteiger partial charge in [0, 0.05) is 6.42 Å². The lowest BCUT2D eigenvalue weighted by Crippen LogP contribution is -2.61. The van der Waals surface area contributed by atoms with Crippen LogP contribution in [-0.2, 0) is 23.8 Å². The quantitative estimate of drug-likeness (QED) is 0.0149. The van der Waals surface area contributed by atoms with Crippen LogP contribution in [0.1, 0.15) is 226 Å². The van der Waals surface area contributed by atoms with E-state index in [4.69, 9.17) is 14.2 Å². The van der Waals surface area contributed by atoms with E-state index in [0.29, 0.717) is 12.8 Å². The second-order valence-corrected chi connectivity index (χ2v) is 19.8. The lowest BCUT2D eigenvalue weighted by molar-refractivity contribution is -0.305. The summed E-state index contributed by atoms with van der Waals surface area (Å²) < 4.78 is 17.5. The van der Waals surface area contributed by atoms with Gasteiger partial charge in [0.15, 0.2) is 12.4 Å². The Morgan fingerprint density at radius 3 is 1.51 bits per heavy atom. The van der Waals surface area contributed by atoms with Gasteiger partial charge in [-0.3, -0.25) is 9.59 Å². The SMILES string of the molecule is CC/C=C/C=C/C=C\C=C/C=C/CCC(O)C(=O)NC(COC1OC(CO)C(O)C(O)C1OC(=O)CCCCCCCCCCC/C=C/CCCCCCCC)C(O)/C=C/CCCCCCCCCCCC. The molecule has 1 saturated heterocycles. The van der Waals surface area contributed by atoms with Crippen molar-refractivity contribution >= 4 is 11.9 Å². The summed E-state index contributed by atoms with van der Waals surface area (Å²) in [5.41, 5.74) is 0. The topological polar surface area (TPSA) is 175 Å². The van der Waals surface area contributed by atoms with E-state index < -0.39 is 67.4 Å². The first-order valence-corrected chi connectivity index (χ1v) is 28.9. The zero-order valence-electron chi connectivity index (χ0n) is 45.5. The average Bonchev–Trinajstić information content (AvgIpc) is 3.38. The number of aliphatic hydroxyl groups is 5. The second kappa shape index (κ2) is 48.8. The number of rotatable bonds is 47. The van der Waals surface area contributed by atoms with E-state index in [1.807, 2.05) is 60.8 Å². The van der Waals surface area contributed by atoms with Crippen LogP contribution in [0.4, 0.5) is 0 Å². The summed E-state index contributed by atoms with van der Waals surface area (Å²) in [7, 11) is 0. The summed E-state index contributed by atoms with van der Waals surface area (Å²) in [6.45, 7) is 5.57. The van der Waals surface area contributed by atoms with E-state index in [-0.39, 0.29) is 19.4 Å². The van der Waals surface area contributed by atoms with E-state index in [2.05, 4.69) is 44.3 Å². The Morgan fingerprint density at radius 2 is 1.01 bits per heavy atom. The fourth-order valence-electron chi connectivity index (χ4n) is 8.56. The van der Waals surface area contributed by atoms with E-state index in [9.17, 15) is 35.1 Å². The van der Waals surface area contributed by atoms with Crippen molar-refractivity contribution in [2.45, 2.75) is 275 Å². The van der Waals surface area contributed by atoms with Gasteiger partial charge in [0.05, 0.1) is 25.4 Å². The monoisotopic (exact) mass is 1010 g/mol. The maximum Gasteiger partial charge on any atom is 0.306 e. The predicted molar refractivity (Wildman–Crippen MR) is 296 cm³/mol. The molecular weight excluding hydrogens is 907 g/mol. The Hall–Kier alpha value is -3.16. The lowest BCUT2D eigenvalue weighted by Gasteiger charge is -2.41. The first kappa shape index (κ1) is 66.9. The Bertz CT molecular complexity index is 1490. The van der Waals surface area contributed by atoms with Crippen LogP contribution < -0.4 is 5.32 Å². The first-order chi connectivity index (χ1) is 35.2. The molecule has 6 N–H and O–H groups in total. The highest BCUT2D eigenvalue weighted by Gasteiger charge is 2.47. The van der Waals surface area contributed by atoms with Gasteiger partial charge in [-0.1, -0.05) is 241 Å². The second-order valence-electron chi connectivity index (χ2n) is 19.8. The number of carbonyl (C=O) groups is 2. The van der Waals surface area contributed by atoms with E-state index in [1.54, 1.807) is 6.08 Å². The predicted octanol–water partition coefficient (Wildman–Crippen LogP) is 13.0. The molecule has 72 heavy (non-hydrogen) atoms. The van der Waals surface area contributed by atoms with Gasteiger partial charge in [-0.2, -0.15) is 0 Å². The summed E-state index contributed by atoms with van der Waals surface area (Å²) in [6, 6.07) is -1.06. The smallest absolute Gasteiger partial charge is 0.306 e. The minimum atomic E-state index is -1.63. The molecule has 1 rings (SSSR count). The molecule has 1 aliphatic rings. The molecule has 0 bridgehead atoms. The molecule has 0 aliphatic carbocycles. The molecule has 1 amide bonds. The van der Waals surface area contributed by atoms with Crippen molar-refractivity contribution < 1.29 is 49.3 Å². The summed E-state index contributed by atoms with van der Waals surface area (Å²) >= 11 is 0. The number of nitrogens with one attached hydrogen (secondary N) is 1. The van der Waals surface area contributed by atoms with Crippen LogP contribution in [0.15, 0.2) is 85.1 Å². The maximum atomic E-state index is 13.3. The Balaban J connectivity index is 2.73. The van der Waals surface area contributed by atoms with Gasteiger partial charge in [0.1, 0.15) is 24.4 Å². The number of aliphatic hydroxyl groups excluding tert-OH is 5. The van der Waals surface area contributed by atoms with Gasteiger partial charge in [0.2, 0.25) is 5.91 Å². The van der Waals surface area contributed by atoms with Crippen LogP contribution in [0, 0.1) is 0 Å². The van der Waals surface area contributed by atoms with Crippen LogP contribution in [0.5, 0.6) is 0 Å². The van der Waals surface area contributed by atoms with Gasteiger partial charge < -0.3 is 45.1 Å². The zero-order chi connectivity index (χ0) is 52.5. The molecule has 0 aromatic carbocycles. The van der Waals surface area contributed by atoms with Crippen molar-refractivity contribution in [1.29, 1.82) is 0 Å². The Kier molecular flexibility index (Phi) is 45.3. The third kappa shape index (κ3) is 36.7. The van der Waals surface area contributed by atoms with Gasteiger partial charge in [-0.15, -0.1) is 0 Å². The molecule has 0 radical (unpaired) electrons. The highest BCUT2D eigenvalue weighted by atomic mass is 16.7. The van der Waals surface area contributed by atoms with Gasteiger partial charge >= 0.3 is 5.97 Å². The average molecular weight is 1010 g/mol. The standard InChI is InChI=1S/C61H105NO10/c1-4-7-10-13-16-19-22-25-26-27-28-29-30-31-34-37-40-43-46-49-56(66)72-59-58(68)57(67)55(50-63)71-61(59)70-51-52(53(64)47-44-41-38-35-32-23-20-17-14-11-8-5-2)62-60(69)54(65)48-45-42-39-36-33-24-21-18-15-12-9-6-3/h9,12,15,18,21,24-26,33,36,39,42,44,47,52-55,57-59,61,63-65,67-68H,4-8,10-11,13-14,16-17,19-20,22-23,27-32,34-35,37-38,40-41,43,45-46,48-51H2,1-3H3,(H,62,69)/b12-9+,18-15+,24-21-,26-25+,36-33-,42-39+,47-44+. The van der Waals surface area contributed by atoms with Crippen LogP contribution in [-0.4, -0.2) is 99.6 Å². The minimum absolute atomic E-state index is 0.109. The lowest BCUT2D eigenvalue weighted by atomic mass is 9.99. The van der Waals surface area contributed by atoms with Gasteiger partial charge in [0.25, 0.3) is 0 Å². The number of ether oxygens (including phenoxy) is 3. The van der Waals surface area contributed by atoms with Crippen molar-refractivity contribution in [2.75, 3.05) is 13.2 Å². The molecule has 11 heteroatoms. The molecule has 8 unspecified atom stereocenters. The van der Waals surface area contributed by atoms with Crippen molar-refractivity contribution in [3.05, 3.63) is 85.1 Å². The number of unbranched alkanes of at least 4 members (excludes halogenated alkanes) is 25. The third-order valence-corrected chi connectivity index (χ3v) is 13.2. The number of allylic oxidation sites excluding steroid dienone is 13. The molecule has 0 saturated carbocycles. The molecule has 1 fully saturated rings. The molecule has 414 valence electrons. The van der Waals surface area contributed by atoms with Crippen LogP contribution in [0.2, 0.25) is 0 Å². The molecule has 1 heterocycles. The van der Waals surface area contributed by atoms with Crippen LogP contribution >= 0.6 is 0 Å². The Morgan fingerprint density at radius 1 is 0.556 bits per heavy atom. The highest BCUT2D eigenvalue weighted by molar-refractivity contribution is 5.80. The number of carbonyl (C=O) groups excluding carboxylic acids is 2. The summed E-state index contributed by atoms with van der Waals surface area (Å²) in [6.07, 6.45) is 52.2. The fourth-order valence-corrected chi connectivity index (χ4v) is 8.56. The van der Waals surface area contributed by atoms with Gasteiger partial charge in [-0.25, -0.2) is 0 Å². The van der Waals surface area contributed by atoms with Crippen molar-refractivity contribution in [1.82, 2.24) is 5.32 Å². The molecule has 0 aromatic rings. The molecule has 8 atom stereocenters. The third-order valence-electron chi connectivity index (χ3n) is 13.2. The molecule has 0 spiro atoms. The van der Waals surface area contributed by atoms with Crippen LogP contribution in [0.25, 0.3) is 0 Å². The number of esters is 1. The normalized spacial score (nSPS) is 20.1. The molecular formula is C61H105NO10. The zero-order valence-corrected chi connectivity index (χ0v) is 45.5. The number of hydrogen-bond donors (Lipinski definition) is 6. The maximum absolute atomic E-state index is 13.3. The first-order valence-electron chi connectivity index (χ1n) is 28.9. The van der Waals surface area contributed by atoms with E-state index in [0.717, 1.165) is 51.4 Å². The number of hydrogen-bond acceptors (Lipinski definition) is 10. The van der Waals surface area contributed by atoms with E-state index in [1.165, 1.54) is 128 Å². The van der Waals surface area contributed by atoms with Gasteiger partial charge in [-0.05, 0) is 64.2 Å². The Labute approximate surface area is 438 Å². The highest BCUT2D eigenvalue weighted by Crippen LogP contribution is 2.26. The van der Waals surface area contributed by atoms with E-state index >= 15 is 0 Å². The summed E-state index contributed by atoms with van der Waals surface area (Å²) in [4.78, 5) is 26.4. The number of amides is 1. The largest absolute Gasteiger partial charge is 0.454 e. The van der Waals surface area contributed by atoms with Crippen LogP contribution in [0.3, 0.4) is 0 Å². The van der Waals surface area contributed by atoms with Crippen molar-refractivity contribution in [3.63, 3.8) is 0 Å².